The first-order valence-corrected chi connectivity index (χ1v) is 6.40. The van der Waals surface area contributed by atoms with Crippen molar-refractivity contribution in [2.45, 2.75) is 31.7 Å². The van der Waals surface area contributed by atoms with Crippen LogP contribution < -0.4 is 10.6 Å². The SMILES string of the molecule is O=C(CCC1CCCN1)Nc1ccc(Cl)cc1. The van der Waals surface area contributed by atoms with E-state index in [9.17, 15) is 4.79 Å². The summed E-state index contributed by atoms with van der Waals surface area (Å²) in [4.78, 5) is 11.7. The van der Waals surface area contributed by atoms with E-state index in [1.54, 1.807) is 12.1 Å². The largest absolute Gasteiger partial charge is 0.326 e. The molecular formula is C13H17ClN2O. The normalized spacial score (nSPS) is 19.2. The van der Waals surface area contributed by atoms with E-state index in [0.29, 0.717) is 17.5 Å². The van der Waals surface area contributed by atoms with E-state index in [-0.39, 0.29) is 5.91 Å². The average Bonchev–Trinajstić information content (AvgIpc) is 2.83. The van der Waals surface area contributed by atoms with Crippen molar-refractivity contribution in [3.8, 4) is 0 Å². The van der Waals surface area contributed by atoms with Gasteiger partial charge in [-0.2, -0.15) is 0 Å². The third kappa shape index (κ3) is 4.02. The summed E-state index contributed by atoms with van der Waals surface area (Å²) in [6.07, 6.45) is 3.90. The maximum absolute atomic E-state index is 11.7. The lowest BCUT2D eigenvalue weighted by Crippen LogP contribution is -2.23. The first-order chi connectivity index (χ1) is 8.24. The molecule has 1 amide bonds. The first-order valence-electron chi connectivity index (χ1n) is 6.03. The number of halogens is 1. The smallest absolute Gasteiger partial charge is 0.224 e. The second-order valence-electron chi connectivity index (χ2n) is 4.39. The lowest BCUT2D eigenvalue weighted by Gasteiger charge is -2.10. The maximum atomic E-state index is 11.7. The highest BCUT2D eigenvalue weighted by Crippen LogP contribution is 2.15. The molecule has 17 heavy (non-hydrogen) atoms. The van der Waals surface area contributed by atoms with Crippen LogP contribution in [0.5, 0.6) is 0 Å². The van der Waals surface area contributed by atoms with E-state index in [4.69, 9.17) is 11.6 Å². The summed E-state index contributed by atoms with van der Waals surface area (Å²) in [6, 6.07) is 7.69. The summed E-state index contributed by atoms with van der Waals surface area (Å²) in [7, 11) is 0. The number of anilines is 1. The summed E-state index contributed by atoms with van der Waals surface area (Å²) < 4.78 is 0. The molecule has 0 saturated carbocycles. The molecule has 0 radical (unpaired) electrons. The highest BCUT2D eigenvalue weighted by molar-refractivity contribution is 6.30. The van der Waals surface area contributed by atoms with Crippen molar-refractivity contribution in [2.75, 3.05) is 11.9 Å². The van der Waals surface area contributed by atoms with Gasteiger partial charge in [0, 0.05) is 23.2 Å². The molecule has 1 aromatic rings. The van der Waals surface area contributed by atoms with Gasteiger partial charge in [-0.25, -0.2) is 0 Å². The second kappa shape index (κ2) is 6.03. The summed E-state index contributed by atoms with van der Waals surface area (Å²) in [5.41, 5.74) is 0.804. The third-order valence-electron chi connectivity index (χ3n) is 3.01. The minimum atomic E-state index is 0.0704. The van der Waals surface area contributed by atoms with Crippen LogP contribution in [0.2, 0.25) is 5.02 Å². The number of carbonyl (C=O) groups excluding carboxylic acids is 1. The molecule has 1 aromatic carbocycles. The number of nitrogens with one attached hydrogen (secondary N) is 2. The van der Waals surface area contributed by atoms with Crippen LogP contribution in [0.3, 0.4) is 0 Å². The van der Waals surface area contributed by atoms with Crippen LogP contribution in [0.25, 0.3) is 0 Å². The highest BCUT2D eigenvalue weighted by atomic mass is 35.5. The molecular weight excluding hydrogens is 236 g/mol. The average molecular weight is 253 g/mol. The van der Waals surface area contributed by atoms with Gasteiger partial charge in [0.25, 0.3) is 0 Å². The van der Waals surface area contributed by atoms with Gasteiger partial charge in [-0.1, -0.05) is 11.6 Å². The van der Waals surface area contributed by atoms with E-state index in [1.807, 2.05) is 12.1 Å². The zero-order chi connectivity index (χ0) is 12.1. The molecule has 1 atom stereocenters. The molecule has 1 saturated heterocycles. The van der Waals surface area contributed by atoms with Crippen LogP contribution >= 0.6 is 11.6 Å². The molecule has 92 valence electrons. The Morgan fingerprint density at radius 1 is 1.41 bits per heavy atom. The molecule has 1 unspecified atom stereocenters. The van der Waals surface area contributed by atoms with E-state index in [0.717, 1.165) is 18.7 Å². The lowest BCUT2D eigenvalue weighted by molar-refractivity contribution is -0.116. The fourth-order valence-electron chi connectivity index (χ4n) is 2.07. The fraction of sp³-hybridized carbons (Fsp3) is 0.462. The van der Waals surface area contributed by atoms with Crippen molar-refractivity contribution in [1.29, 1.82) is 0 Å². The molecule has 2 rings (SSSR count). The van der Waals surface area contributed by atoms with Gasteiger partial charge in [-0.05, 0) is 50.1 Å². The van der Waals surface area contributed by atoms with Gasteiger partial charge in [-0.3, -0.25) is 4.79 Å². The van der Waals surface area contributed by atoms with Gasteiger partial charge in [0.1, 0.15) is 0 Å². The fourth-order valence-corrected chi connectivity index (χ4v) is 2.19. The monoisotopic (exact) mass is 252 g/mol. The predicted octanol–water partition coefficient (Wildman–Crippen LogP) is 2.81. The van der Waals surface area contributed by atoms with E-state index >= 15 is 0 Å². The Morgan fingerprint density at radius 2 is 2.18 bits per heavy atom. The molecule has 0 aromatic heterocycles. The molecule has 1 aliphatic rings. The minimum Gasteiger partial charge on any atom is -0.326 e. The van der Waals surface area contributed by atoms with Gasteiger partial charge < -0.3 is 10.6 Å². The van der Waals surface area contributed by atoms with E-state index in [1.165, 1.54) is 12.8 Å². The summed E-state index contributed by atoms with van der Waals surface area (Å²) in [6.45, 7) is 1.09. The highest BCUT2D eigenvalue weighted by Gasteiger charge is 2.15. The minimum absolute atomic E-state index is 0.0704. The molecule has 1 heterocycles. The van der Waals surface area contributed by atoms with Crippen LogP contribution in [0.4, 0.5) is 5.69 Å². The Labute approximate surface area is 107 Å². The van der Waals surface area contributed by atoms with Crippen molar-refractivity contribution in [2.24, 2.45) is 0 Å². The molecule has 1 fully saturated rings. The molecule has 3 nitrogen and oxygen atoms in total. The molecule has 0 aliphatic carbocycles. The molecule has 0 bridgehead atoms. The number of benzene rings is 1. The summed E-state index contributed by atoms with van der Waals surface area (Å²) >= 11 is 5.77. The molecule has 4 heteroatoms. The zero-order valence-electron chi connectivity index (χ0n) is 9.71. The van der Waals surface area contributed by atoms with Crippen LogP contribution in [0.1, 0.15) is 25.7 Å². The van der Waals surface area contributed by atoms with E-state index < -0.39 is 0 Å². The Morgan fingerprint density at radius 3 is 2.82 bits per heavy atom. The van der Waals surface area contributed by atoms with Gasteiger partial charge in [-0.15, -0.1) is 0 Å². The van der Waals surface area contributed by atoms with Crippen molar-refractivity contribution < 1.29 is 4.79 Å². The van der Waals surface area contributed by atoms with E-state index in [2.05, 4.69) is 10.6 Å². The number of hydrogen-bond acceptors (Lipinski definition) is 2. The maximum Gasteiger partial charge on any atom is 0.224 e. The second-order valence-corrected chi connectivity index (χ2v) is 4.82. The Balaban J connectivity index is 1.74. The number of carbonyl (C=O) groups is 1. The zero-order valence-corrected chi connectivity index (χ0v) is 10.5. The Bertz CT molecular complexity index is 372. The summed E-state index contributed by atoms with van der Waals surface area (Å²) in [5, 5.41) is 6.93. The quantitative estimate of drug-likeness (QED) is 0.865. The molecule has 1 aliphatic heterocycles. The lowest BCUT2D eigenvalue weighted by atomic mass is 10.1. The van der Waals surface area contributed by atoms with Gasteiger partial charge in [0.05, 0.1) is 0 Å². The molecule has 0 spiro atoms. The van der Waals surface area contributed by atoms with Crippen LogP contribution in [-0.2, 0) is 4.79 Å². The Hall–Kier alpha value is -1.06. The summed E-state index contributed by atoms with van der Waals surface area (Å²) in [5.74, 6) is 0.0704. The number of hydrogen-bond donors (Lipinski definition) is 2. The number of amides is 1. The number of rotatable bonds is 4. The third-order valence-corrected chi connectivity index (χ3v) is 3.26. The van der Waals surface area contributed by atoms with Crippen LogP contribution in [0.15, 0.2) is 24.3 Å². The van der Waals surface area contributed by atoms with Gasteiger partial charge >= 0.3 is 0 Å². The van der Waals surface area contributed by atoms with Crippen molar-refractivity contribution in [1.82, 2.24) is 5.32 Å². The van der Waals surface area contributed by atoms with Gasteiger partial charge in [0.2, 0.25) is 5.91 Å². The van der Waals surface area contributed by atoms with Crippen molar-refractivity contribution in [3.63, 3.8) is 0 Å². The van der Waals surface area contributed by atoms with Gasteiger partial charge in [0.15, 0.2) is 0 Å². The molecule has 2 N–H and O–H groups in total. The van der Waals surface area contributed by atoms with Crippen molar-refractivity contribution >= 4 is 23.2 Å². The predicted molar refractivity (Wildman–Crippen MR) is 70.3 cm³/mol. The standard InChI is InChI=1S/C13H17ClN2O/c14-10-3-5-12(6-4-10)16-13(17)8-7-11-2-1-9-15-11/h3-6,11,15H,1-2,7-9H2,(H,16,17). The Kier molecular flexibility index (Phi) is 4.40. The van der Waals surface area contributed by atoms with Crippen molar-refractivity contribution in [3.05, 3.63) is 29.3 Å². The van der Waals surface area contributed by atoms with Crippen LogP contribution in [-0.4, -0.2) is 18.5 Å². The first kappa shape index (κ1) is 12.4. The van der Waals surface area contributed by atoms with Crippen LogP contribution in [0, 0.1) is 0 Å². The topological polar surface area (TPSA) is 41.1 Å².